The maximum Gasteiger partial charge on any atom is 0.134 e. The third-order valence-corrected chi connectivity index (χ3v) is 2.54. The van der Waals surface area contributed by atoms with Crippen molar-refractivity contribution >= 4 is 22.4 Å². The van der Waals surface area contributed by atoms with E-state index < -0.39 is 0 Å². The van der Waals surface area contributed by atoms with Crippen LogP contribution < -0.4 is 4.74 Å². The fourth-order valence-electron chi connectivity index (χ4n) is 1.38. The van der Waals surface area contributed by atoms with Gasteiger partial charge in [0, 0.05) is 5.39 Å². The van der Waals surface area contributed by atoms with Gasteiger partial charge in [0.05, 0.1) is 12.1 Å². The highest BCUT2D eigenvalue weighted by molar-refractivity contribution is 6.37. The van der Waals surface area contributed by atoms with Crippen LogP contribution in [0.1, 0.15) is 0 Å². The van der Waals surface area contributed by atoms with Crippen LogP contribution in [0.3, 0.4) is 0 Å². The number of phenolic OH excluding ortho intramolecular Hbond substituents is 1. The van der Waals surface area contributed by atoms with Gasteiger partial charge in [-0.15, -0.1) is 0 Å². The van der Waals surface area contributed by atoms with Gasteiger partial charge in [-0.2, -0.15) is 0 Å². The topological polar surface area (TPSA) is 29.5 Å². The SMILES string of the molecule is COc1ccc2ccc(O)c(Cl)c2c1. The second-order valence-electron chi connectivity index (χ2n) is 2.99. The van der Waals surface area contributed by atoms with E-state index in [9.17, 15) is 5.11 Å². The molecule has 2 rings (SSSR count). The maximum atomic E-state index is 9.41. The molecule has 0 aliphatic carbocycles. The lowest BCUT2D eigenvalue weighted by atomic mass is 10.1. The molecule has 0 amide bonds. The van der Waals surface area contributed by atoms with Gasteiger partial charge in [-0.1, -0.05) is 23.7 Å². The Morgan fingerprint density at radius 1 is 1.21 bits per heavy atom. The summed E-state index contributed by atoms with van der Waals surface area (Å²) in [7, 11) is 1.60. The lowest BCUT2D eigenvalue weighted by molar-refractivity contribution is 0.415. The summed E-state index contributed by atoms with van der Waals surface area (Å²) >= 11 is 5.95. The number of aromatic hydroxyl groups is 1. The summed E-state index contributed by atoms with van der Waals surface area (Å²) in [6.07, 6.45) is 0. The predicted molar refractivity (Wildman–Crippen MR) is 57.2 cm³/mol. The molecule has 1 N–H and O–H groups in total. The van der Waals surface area contributed by atoms with E-state index in [1.165, 1.54) is 0 Å². The summed E-state index contributed by atoms with van der Waals surface area (Å²) < 4.78 is 5.08. The van der Waals surface area contributed by atoms with Crippen LogP contribution in [0.5, 0.6) is 11.5 Å². The number of halogens is 1. The van der Waals surface area contributed by atoms with Gasteiger partial charge in [0.2, 0.25) is 0 Å². The molecule has 0 bridgehead atoms. The number of fused-ring (bicyclic) bond motifs is 1. The molecule has 0 saturated heterocycles. The van der Waals surface area contributed by atoms with E-state index in [4.69, 9.17) is 16.3 Å². The molecular weight excluding hydrogens is 200 g/mol. The molecule has 0 fully saturated rings. The smallest absolute Gasteiger partial charge is 0.134 e. The van der Waals surface area contributed by atoms with Crippen LogP contribution >= 0.6 is 11.6 Å². The number of methoxy groups -OCH3 is 1. The van der Waals surface area contributed by atoms with Gasteiger partial charge in [-0.3, -0.25) is 0 Å². The zero-order chi connectivity index (χ0) is 10.1. The summed E-state index contributed by atoms with van der Waals surface area (Å²) in [6.45, 7) is 0. The second-order valence-corrected chi connectivity index (χ2v) is 3.36. The second kappa shape index (κ2) is 3.39. The standard InChI is InChI=1S/C11H9ClO2/c1-14-8-4-2-7-3-5-10(13)11(12)9(7)6-8/h2-6,13H,1H3. The van der Waals surface area contributed by atoms with Crippen LogP contribution in [0.15, 0.2) is 30.3 Å². The number of benzene rings is 2. The molecule has 0 aliphatic heterocycles. The fraction of sp³-hybridized carbons (Fsp3) is 0.0909. The molecule has 0 heterocycles. The largest absolute Gasteiger partial charge is 0.506 e. The number of hydrogen-bond acceptors (Lipinski definition) is 2. The average Bonchev–Trinajstić information content (AvgIpc) is 2.23. The van der Waals surface area contributed by atoms with Gasteiger partial charge in [-0.25, -0.2) is 0 Å². The van der Waals surface area contributed by atoms with Gasteiger partial charge in [0.1, 0.15) is 11.5 Å². The van der Waals surface area contributed by atoms with Gasteiger partial charge in [0.15, 0.2) is 0 Å². The van der Waals surface area contributed by atoms with Crippen molar-refractivity contribution in [2.45, 2.75) is 0 Å². The molecule has 2 aromatic carbocycles. The van der Waals surface area contributed by atoms with E-state index in [2.05, 4.69) is 0 Å². The van der Waals surface area contributed by atoms with E-state index >= 15 is 0 Å². The summed E-state index contributed by atoms with van der Waals surface area (Å²) in [6, 6.07) is 8.96. The zero-order valence-corrected chi connectivity index (χ0v) is 8.38. The van der Waals surface area contributed by atoms with Crippen LogP contribution in [0.2, 0.25) is 5.02 Å². The molecular formula is C11H9ClO2. The Hall–Kier alpha value is -1.41. The minimum absolute atomic E-state index is 0.0902. The first-order valence-corrected chi connectivity index (χ1v) is 4.55. The fourth-order valence-corrected chi connectivity index (χ4v) is 1.60. The Morgan fingerprint density at radius 2 is 1.93 bits per heavy atom. The normalized spacial score (nSPS) is 10.4. The number of ether oxygens (including phenoxy) is 1. The lowest BCUT2D eigenvalue weighted by Crippen LogP contribution is -1.82. The van der Waals surface area contributed by atoms with E-state index in [1.807, 2.05) is 18.2 Å². The van der Waals surface area contributed by atoms with Gasteiger partial charge >= 0.3 is 0 Å². The van der Waals surface area contributed by atoms with Crippen LogP contribution in [0.4, 0.5) is 0 Å². The van der Waals surface area contributed by atoms with Crippen molar-refractivity contribution in [3.8, 4) is 11.5 Å². The van der Waals surface area contributed by atoms with Crippen molar-refractivity contribution in [1.29, 1.82) is 0 Å². The molecule has 0 unspecified atom stereocenters. The molecule has 2 nitrogen and oxygen atoms in total. The third kappa shape index (κ3) is 1.38. The molecule has 72 valence electrons. The minimum atomic E-state index is 0.0902. The molecule has 0 aromatic heterocycles. The van der Waals surface area contributed by atoms with Crippen molar-refractivity contribution in [2.24, 2.45) is 0 Å². The highest BCUT2D eigenvalue weighted by atomic mass is 35.5. The maximum absolute atomic E-state index is 9.41. The molecule has 0 saturated carbocycles. The summed E-state index contributed by atoms with van der Waals surface area (Å²) in [5.41, 5.74) is 0. The van der Waals surface area contributed by atoms with Crippen molar-refractivity contribution in [1.82, 2.24) is 0 Å². The van der Waals surface area contributed by atoms with Crippen LogP contribution in [0.25, 0.3) is 10.8 Å². The highest BCUT2D eigenvalue weighted by Crippen LogP contribution is 2.33. The van der Waals surface area contributed by atoms with Crippen molar-refractivity contribution in [3.63, 3.8) is 0 Å². The summed E-state index contributed by atoms with van der Waals surface area (Å²) in [5.74, 6) is 0.817. The van der Waals surface area contributed by atoms with E-state index in [0.29, 0.717) is 5.02 Å². The van der Waals surface area contributed by atoms with Crippen LogP contribution in [0, 0.1) is 0 Å². The highest BCUT2D eigenvalue weighted by Gasteiger charge is 2.04. The van der Waals surface area contributed by atoms with Crippen LogP contribution in [-0.2, 0) is 0 Å². The first kappa shape index (κ1) is 9.16. The average molecular weight is 209 g/mol. The first-order valence-electron chi connectivity index (χ1n) is 4.17. The summed E-state index contributed by atoms with van der Waals surface area (Å²) in [5, 5.41) is 11.5. The van der Waals surface area contributed by atoms with Crippen molar-refractivity contribution in [2.75, 3.05) is 7.11 Å². The Labute approximate surface area is 86.7 Å². The number of phenols is 1. The van der Waals surface area contributed by atoms with Gasteiger partial charge in [-0.05, 0) is 23.6 Å². The van der Waals surface area contributed by atoms with Gasteiger partial charge in [0.25, 0.3) is 0 Å². The molecule has 0 aliphatic rings. The molecule has 3 heteroatoms. The molecule has 14 heavy (non-hydrogen) atoms. The minimum Gasteiger partial charge on any atom is -0.506 e. The number of rotatable bonds is 1. The molecule has 2 aromatic rings. The Kier molecular flexibility index (Phi) is 2.22. The quantitative estimate of drug-likeness (QED) is 0.780. The third-order valence-electron chi connectivity index (χ3n) is 2.14. The van der Waals surface area contributed by atoms with Gasteiger partial charge < -0.3 is 9.84 Å². The Morgan fingerprint density at radius 3 is 2.64 bits per heavy atom. The van der Waals surface area contributed by atoms with E-state index in [-0.39, 0.29) is 5.75 Å². The Bertz CT molecular complexity index is 480. The summed E-state index contributed by atoms with van der Waals surface area (Å²) in [4.78, 5) is 0. The molecule has 0 spiro atoms. The zero-order valence-electron chi connectivity index (χ0n) is 7.62. The van der Waals surface area contributed by atoms with Crippen molar-refractivity contribution < 1.29 is 9.84 Å². The monoisotopic (exact) mass is 208 g/mol. The van der Waals surface area contributed by atoms with Crippen LogP contribution in [-0.4, -0.2) is 12.2 Å². The van der Waals surface area contributed by atoms with E-state index in [1.54, 1.807) is 19.2 Å². The lowest BCUT2D eigenvalue weighted by Gasteiger charge is -2.05. The molecule has 0 atom stereocenters. The predicted octanol–water partition coefficient (Wildman–Crippen LogP) is 3.21. The first-order chi connectivity index (χ1) is 6.72. The molecule has 0 radical (unpaired) electrons. The van der Waals surface area contributed by atoms with Crippen molar-refractivity contribution in [3.05, 3.63) is 35.4 Å². The Balaban J connectivity index is 2.78. The number of hydrogen-bond donors (Lipinski definition) is 1. The van der Waals surface area contributed by atoms with E-state index in [0.717, 1.165) is 16.5 Å².